The van der Waals surface area contributed by atoms with Crippen LogP contribution < -0.4 is 10.2 Å². The lowest BCUT2D eigenvalue weighted by Crippen LogP contribution is -2.13. The van der Waals surface area contributed by atoms with Crippen LogP contribution in [0.15, 0.2) is 77.7 Å². The van der Waals surface area contributed by atoms with E-state index in [0.717, 1.165) is 16.6 Å². The van der Waals surface area contributed by atoms with Crippen molar-refractivity contribution in [3.63, 3.8) is 0 Å². The van der Waals surface area contributed by atoms with Gasteiger partial charge < -0.3 is 9.73 Å². The van der Waals surface area contributed by atoms with Crippen LogP contribution in [0.2, 0.25) is 5.02 Å². The Hall–Kier alpha value is -4.17. The number of amides is 1. The van der Waals surface area contributed by atoms with Crippen LogP contribution in [0.5, 0.6) is 0 Å². The minimum Gasteiger partial charge on any atom is -0.448 e. The molecule has 0 aliphatic rings. The van der Waals surface area contributed by atoms with Crippen molar-refractivity contribution in [3.05, 3.63) is 78.3 Å². The van der Waals surface area contributed by atoms with Crippen LogP contribution in [0.1, 0.15) is 0 Å². The molecule has 0 saturated heterocycles. The number of aromatic nitrogens is 4. The SMILES string of the molecule is O=CN(c1cccc(-c2[nH]nc3ncnc(Nc4cccc(Cl)c4)c23)c1)c1ccco1. The standard InChI is InChI=1S/C22H15ClN6O2/c23-15-5-2-6-16(11-15)26-21-19-20(27-28-22(19)25-12-24-21)14-4-1-7-17(10-14)29(13-30)18-8-3-9-31-18/h1-13H,(H2,24,25,26,27,28). The number of aromatic amines is 1. The molecular formula is C22H15ClN6O2. The highest BCUT2D eigenvalue weighted by atomic mass is 35.5. The van der Waals surface area contributed by atoms with E-state index in [9.17, 15) is 4.79 Å². The average Bonchev–Trinajstić information content (AvgIpc) is 3.45. The number of fused-ring (bicyclic) bond motifs is 1. The van der Waals surface area contributed by atoms with Gasteiger partial charge in [0.15, 0.2) is 5.65 Å². The van der Waals surface area contributed by atoms with Gasteiger partial charge in [0.2, 0.25) is 12.3 Å². The number of nitrogens with one attached hydrogen (secondary N) is 2. The molecule has 0 fully saturated rings. The second kappa shape index (κ2) is 7.92. The van der Waals surface area contributed by atoms with Crippen molar-refractivity contribution in [3.8, 4) is 11.3 Å². The van der Waals surface area contributed by atoms with Gasteiger partial charge in [-0.1, -0.05) is 29.8 Å². The van der Waals surface area contributed by atoms with Crippen LogP contribution in [0, 0.1) is 0 Å². The summed E-state index contributed by atoms with van der Waals surface area (Å²) in [5.41, 5.74) is 3.47. The molecule has 0 spiro atoms. The highest BCUT2D eigenvalue weighted by Crippen LogP contribution is 2.34. The molecule has 1 amide bonds. The average molecular weight is 431 g/mol. The molecule has 2 aromatic carbocycles. The summed E-state index contributed by atoms with van der Waals surface area (Å²) in [5, 5.41) is 12.0. The van der Waals surface area contributed by atoms with E-state index in [0.29, 0.717) is 40.2 Å². The minimum absolute atomic E-state index is 0.424. The van der Waals surface area contributed by atoms with E-state index in [1.54, 1.807) is 24.3 Å². The van der Waals surface area contributed by atoms with Gasteiger partial charge >= 0.3 is 0 Å². The van der Waals surface area contributed by atoms with E-state index >= 15 is 0 Å². The Morgan fingerprint density at radius 2 is 1.97 bits per heavy atom. The molecule has 2 N–H and O–H groups in total. The summed E-state index contributed by atoms with van der Waals surface area (Å²) in [6.45, 7) is 0. The predicted octanol–water partition coefficient (Wildman–Crippen LogP) is 5.30. The van der Waals surface area contributed by atoms with Crippen molar-refractivity contribution in [1.82, 2.24) is 20.2 Å². The van der Waals surface area contributed by atoms with E-state index in [2.05, 4.69) is 25.5 Å². The van der Waals surface area contributed by atoms with Gasteiger partial charge in [0.25, 0.3) is 0 Å². The number of furan rings is 1. The number of rotatable bonds is 6. The Balaban J connectivity index is 1.59. The third kappa shape index (κ3) is 3.60. The fourth-order valence-electron chi connectivity index (χ4n) is 3.32. The Labute approximate surface area is 181 Å². The fourth-order valence-corrected chi connectivity index (χ4v) is 3.51. The van der Waals surface area contributed by atoms with E-state index in [1.165, 1.54) is 17.5 Å². The van der Waals surface area contributed by atoms with Crippen LogP contribution in [-0.2, 0) is 4.79 Å². The molecule has 0 saturated carbocycles. The topological polar surface area (TPSA) is 99.9 Å². The molecule has 152 valence electrons. The maximum atomic E-state index is 11.7. The molecule has 0 unspecified atom stereocenters. The molecule has 0 bridgehead atoms. The Morgan fingerprint density at radius 3 is 2.77 bits per heavy atom. The first-order valence-electron chi connectivity index (χ1n) is 9.33. The first kappa shape index (κ1) is 18.8. The smallest absolute Gasteiger partial charge is 0.221 e. The zero-order chi connectivity index (χ0) is 21.2. The van der Waals surface area contributed by atoms with Crippen molar-refractivity contribution in [1.29, 1.82) is 0 Å². The quantitative estimate of drug-likeness (QED) is 0.354. The third-order valence-corrected chi connectivity index (χ3v) is 4.94. The highest BCUT2D eigenvalue weighted by molar-refractivity contribution is 6.30. The lowest BCUT2D eigenvalue weighted by molar-refractivity contribution is -0.107. The lowest BCUT2D eigenvalue weighted by Gasteiger charge is -2.15. The number of carbonyl (C=O) groups is 1. The van der Waals surface area contributed by atoms with Crippen molar-refractivity contribution in [2.45, 2.75) is 0 Å². The maximum absolute atomic E-state index is 11.7. The summed E-state index contributed by atoms with van der Waals surface area (Å²) in [4.78, 5) is 21.8. The Morgan fingerprint density at radius 1 is 1.06 bits per heavy atom. The fraction of sp³-hybridized carbons (Fsp3) is 0. The van der Waals surface area contributed by atoms with Gasteiger partial charge in [-0.3, -0.25) is 14.8 Å². The first-order chi connectivity index (χ1) is 15.2. The summed E-state index contributed by atoms with van der Waals surface area (Å²) in [7, 11) is 0. The number of hydrogen-bond donors (Lipinski definition) is 2. The molecule has 0 atom stereocenters. The molecule has 5 aromatic rings. The third-order valence-electron chi connectivity index (χ3n) is 4.70. The number of benzene rings is 2. The van der Waals surface area contributed by atoms with Crippen LogP contribution >= 0.6 is 11.6 Å². The summed E-state index contributed by atoms with van der Waals surface area (Å²) in [5.74, 6) is 1.01. The molecule has 31 heavy (non-hydrogen) atoms. The highest BCUT2D eigenvalue weighted by Gasteiger charge is 2.17. The summed E-state index contributed by atoms with van der Waals surface area (Å²) in [6, 6.07) is 18.2. The second-order valence-corrected chi connectivity index (χ2v) is 7.07. The summed E-state index contributed by atoms with van der Waals surface area (Å²) >= 11 is 6.11. The van der Waals surface area contributed by atoms with E-state index in [1.807, 2.05) is 36.4 Å². The lowest BCUT2D eigenvalue weighted by atomic mass is 10.1. The molecule has 8 nitrogen and oxygen atoms in total. The van der Waals surface area contributed by atoms with Gasteiger partial charge in [-0.25, -0.2) is 9.97 Å². The van der Waals surface area contributed by atoms with Gasteiger partial charge in [0, 0.05) is 22.3 Å². The van der Waals surface area contributed by atoms with Crippen molar-refractivity contribution in [2.24, 2.45) is 0 Å². The van der Waals surface area contributed by atoms with Gasteiger partial charge in [0.1, 0.15) is 12.1 Å². The predicted molar refractivity (Wildman–Crippen MR) is 119 cm³/mol. The van der Waals surface area contributed by atoms with Crippen LogP contribution in [0.3, 0.4) is 0 Å². The molecule has 9 heteroatoms. The minimum atomic E-state index is 0.424. The van der Waals surface area contributed by atoms with Crippen LogP contribution in [0.25, 0.3) is 22.3 Å². The summed E-state index contributed by atoms with van der Waals surface area (Å²) < 4.78 is 5.37. The number of carbonyl (C=O) groups excluding carboxylic acids is 1. The molecule has 3 heterocycles. The number of hydrogen-bond acceptors (Lipinski definition) is 6. The molecule has 0 radical (unpaired) electrons. The molecule has 0 aliphatic carbocycles. The van der Waals surface area contributed by atoms with Crippen LogP contribution in [0.4, 0.5) is 23.1 Å². The largest absolute Gasteiger partial charge is 0.448 e. The van der Waals surface area contributed by atoms with Gasteiger partial charge in [-0.2, -0.15) is 5.10 Å². The number of nitrogens with zero attached hydrogens (tertiary/aromatic N) is 4. The maximum Gasteiger partial charge on any atom is 0.221 e. The van der Waals surface area contributed by atoms with Crippen molar-refractivity contribution in [2.75, 3.05) is 10.2 Å². The van der Waals surface area contributed by atoms with E-state index in [-0.39, 0.29) is 0 Å². The number of anilines is 4. The van der Waals surface area contributed by atoms with Crippen LogP contribution in [-0.4, -0.2) is 26.6 Å². The first-order valence-corrected chi connectivity index (χ1v) is 9.71. The molecular weight excluding hydrogens is 416 g/mol. The number of H-pyrrole nitrogens is 1. The normalized spacial score (nSPS) is 10.9. The van der Waals surface area contributed by atoms with Crippen molar-refractivity contribution < 1.29 is 9.21 Å². The molecule has 3 aromatic heterocycles. The monoisotopic (exact) mass is 430 g/mol. The van der Waals surface area contributed by atoms with Gasteiger partial charge in [-0.05, 0) is 36.4 Å². The Bertz CT molecular complexity index is 1370. The Kier molecular flexibility index (Phi) is 4.81. The van der Waals surface area contributed by atoms with Gasteiger partial charge in [-0.15, -0.1) is 0 Å². The van der Waals surface area contributed by atoms with Crippen molar-refractivity contribution >= 4 is 52.1 Å². The zero-order valence-corrected chi connectivity index (χ0v) is 16.7. The molecule has 0 aliphatic heterocycles. The molecule has 5 rings (SSSR count). The summed E-state index contributed by atoms with van der Waals surface area (Å²) in [6.07, 6.45) is 3.67. The van der Waals surface area contributed by atoms with Gasteiger partial charge in [0.05, 0.1) is 23.0 Å². The number of halogens is 1. The van der Waals surface area contributed by atoms with E-state index < -0.39 is 0 Å². The van der Waals surface area contributed by atoms with E-state index in [4.69, 9.17) is 16.0 Å². The zero-order valence-electron chi connectivity index (χ0n) is 16.0. The second-order valence-electron chi connectivity index (χ2n) is 6.63.